The van der Waals surface area contributed by atoms with Crippen molar-refractivity contribution < 1.29 is 13.6 Å². The lowest BCUT2D eigenvalue weighted by Gasteiger charge is -1.98. The van der Waals surface area contributed by atoms with E-state index in [1.165, 1.54) is 0 Å². The van der Waals surface area contributed by atoms with Gasteiger partial charge in [-0.15, -0.1) is 0 Å². The molecular weight excluding hydrogens is 216 g/mol. The molecule has 1 aromatic rings. The molecule has 0 spiro atoms. The summed E-state index contributed by atoms with van der Waals surface area (Å²) in [5.74, 6) is 2.75. The molecule has 16 heavy (non-hydrogen) atoms. The fourth-order valence-electron chi connectivity index (χ4n) is 0.976. The van der Waals surface area contributed by atoms with E-state index in [-0.39, 0.29) is 18.4 Å². The Hall–Kier alpha value is -2.38. The Morgan fingerprint density at radius 3 is 2.88 bits per heavy atom. The van der Waals surface area contributed by atoms with Gasteiger partial charge in [0.15, 0.2) is 12.1 Å². The number of nitrogens with zero attached hydrogens (tertiary/aromatic N) is 3. The molecule has 0 unspecified atom stereocenters. The molecule has 0 fully saturated rings. The molecular formula is C10H5F2N3O. The van der Waals surface area contributed by atoms with Crippen LogP contribution in [0.2, 0.25) is 0 Å². The van der Waals surface area contributed by atoms with E-state index in [2.05, 4.69) is 21.9 Å². The van der Waals surface area contributed by atoms with Crippen LogP contribution in [-0.4, -0.2) is 12.8 Å². The van der Waals surface area contributed by atoms with Crippen molar-refractivity contribution in [2.24, 2.45) is 5.11 Å². The lowest BCUT2D eigenvalue weighted by atomic mass is 10.1. The third-order valence-electron chi connectivity index (χ3n) is 1.68. The summed E-state index contributed by atoms with van der Waals surface area (Å²) in [6.45, 7) is -0.121. The Balaban J connectivity index is 3.09. The number of carbonyl (C=O) groups is 1. The zero-order valence-corrected chi connectivity index (χ0v) is 7.94. The number of carbonyl (C=O) groups excluding carboxylic acids is 1. The van der Waals surface area contributed by atoms with Crippen molar-refractivity contribution in [1.82, 2.24) is 0 Å². The largest absolute Gasteiger partial charge is 0.298 e. The molecule has 0 bridgehead atoms. The van der Waals surface area contributed by atoms with Crippen LogP contribution in [0.4, 0.5) is 8.78 Å². The highest BCUT2D eigenvalue weighted by atomic mass is 19.1. The Kier molecular flexibility index (Phi) is 4.01. The van der Waals surface area contributed by atoms with Crippen LogP contribution in [0.5, 0.6) is 0 Å². The van der Waals surface area contributed by atoms with Crippen molar-refractivity contribution in [3.8, 4) is 11.8 Å². The summed E-state index contributed by atoms with van der Waals surface area (Å²) in [5.41, 5.74) is 7.19. The second-order valence-corrected chi connectivity index (χ2v) is 2.63. The first-order chi connectivity index (χ1) is 7.70. The number of hydrogen-bond donors (Lipinski definition) is 0. The van der Waals surface area contributed by atoms with Crippen molar-refractivity contribution in [1.29, 1.82) is 0 Å². The molecule has 0 amide bonds. The average molecular weight is 221 g/mol. The van der Waals surface area contributed by atoms with Crippen LogP contribution >= 0.6 is 0 Å². The van der Waals surface area contributed by atoms with Gasteiger partial charge in [-0.25, -0.2) is 8.78 Å². The van der Waals surface area contributed by atoms with Crippen LogP contribution < -0.4 is 0 Å². The highest BCUT2D eigenvalue weighted by Crippen LogP contribution is 2.14. The van der Waals surface area contributed by atoms with Crippen LogP contribution in [0.15, 0.2) is 17.2 Å². The second-order valence-electron chi connectivity index (χ2n) is 2.63. The quantitative estimate of drug-likeness (QED) is 0.248. The molecule has 0 aliphatic rings. The van der Waals surface area contributed by atoms with Gasteiger partial charge < -0.3 is 0 Å². The van der Waals surface area contributed by atoms with Crippen LogP contribution in [0.1, 0.15) is 15.9 Å². The molecule has 1 rings (SSSR count). The predicted octanol–water partition coefficient (Wildman–Crippen LogP) is 2.44. The number of rotatable bonds is 2. The maximum absolute atomic E-state index is 13.4. The van der Waals surface area contributed by atoms with E-state index in [0.29, 0.717) is 0 Å². The predicted molar refractivity (Wildman–Crippen MR) is 52.6 cm³/mol. The fraction of sp³-hybridized carbons (Fsp3) is 0.100. The molecule has 0 atom stereocenters. The topological polar surface area (TPSA) is 65.8 Å². The van der Waals surface area contributed by atoms with Gasteiger partial charge in [-0.05, 0) is 17.7 Å². The standard InChI is InChI=1S/C10H5F2N3O/c11-9-4-3-7(2-1-5-14-15-13)10(12)8(9)6-16/h3-4,6H,5H2. The highest BCUT2D eigenvalue weighted by molar-refractivity contribution is 5.76. The fourth-order valence-corrected chi connectivity index (χ4v) is 0.976. The van der Waals surface area contributed by atoms with Gasteiger partial charge in [0.05, 0.1) is 17.7 Å². The maximum Gasteiger partial charge on any atom is 0.156 e. The summed E-state index contributed by atoms with van der Waals surface area (Å²) in [4.78, 5) is 12.8. The zero-order valence-electron chi connectivity index (χ0n) is 7.94. The van der Waals surface area contributed by atoms with Crippen molar-refractivity contribution in [2.45, 2.75) is 0 Å². The first-order valence-corrected chi connectivity index (χ1v) is 4.13. The molecule has 0 saturated heterocycles. The first-order valence-electron chi connectivity index (χ1n) is 4.13. The lowest BCUT2D eigenvalue weighted by molar-refractivity contribution is 0.111. The van der Waals surface area contributed by atoms with Crippen LogP contribution in [0.3, 0.4) is 0 Å². The third-order valence-corrected chi connectivity index (χ3v) is 1.68. The Morgan fingerprint density at radius 1 is 1.50 bits per heavy atom. The summed E-state index contributed by atoms with van der Waals surface area (Å²) >= 11 is 0. The van der Waals surface area contributed by atoms with E-state index in [4.69, 9.17) is 5.53 Å². The van der Waals surface area contributed by atoms with Crippen molar-refractivity contribution in [2.75, 3.05) is 6.54 Å². The molecule has 4 nitrogen and oxygen atoms in total. The van der Waals surface area contributed by atoms with Gasteiger partial charge in [0.25, 0.3) is 0 Å². The molecule has 0 N–H and O–H groups in total. The number of hydrogen-bond acceptors (Lipinski definition) is 2. The van der Waals surface area contributed by atoms with Crippen molar-refractivity contribution in [3.63, 3.8) is 0 Å². The second kappa shape index (κ2) is 5.49. The Labute approximate surface area is 89.5 Å². The molecule has 0 radical (unpaired) electrons. The number of halogens is 2. The minimum atomic E-state index is -1.01. The van der Waals surface area contributed by atoms with Crippen LogP contribution in [-0.2, 0) is 0 Å². The minimum Gasteiger partial charge on any atom is -0.298 e. The van der Waals surface area contributed by atoms with Gasteiger partial charge in [-0.2, -0.15) is 0 Å². The van der Waals surface area contributed by atoms with Crippen LogP contribution in [0.25, 0.3) is 10.4 Å². The Morgan fingerprint density at radius 2 is 2.25 bits per heavy atom. The van der Waals surface area contributed by atoms with Gasteiger partial charge in [0, 0.05) is 4.91 Å². The van der Waals surface area contributed by atoms with E-state index < -0.39 is 17.2 Å². The summed E-state index contributed by atoms with van der Waals surface area (Å²) in [6, 6.07) is 2.06. The van der Waals surface area contributed by atoms with Gasteiger partial charge in [0.1, 0.15) is 5.82 Å². The lowest BCUT2D eigenvalue weighted by Crippen LogP contribution is -1.96. The zero-order chi connectivity index (χ0) is 12.0. The maximum atomic E-state index is 13.4. The smallest absolute Gasteiger partial charge is 0.156 e. The summed E-state index contributed by atoms with van der Waals surface area (Å²) in [7, 11) is 0. The molecule has 0 aromatic heterocycles. The van der Waals surface area contributed by atoms with E-state index in [1.807, 2.05) is 0 Å². The third kappa shape index (κ3) is 2.56. The van der Waals surface area contributed by atoms with Gasteiger partial charge in [-0.1, -0.05) is 17.0 Å². The molecule has 0 aliphatic carbocycles. The number of aldehydes is 1. The number of azide groups is 1. The minimum absolute atomic E-state index is 0.0866. The van der Waals surface area contributed by atoms with E-state index in [0.717, 1.165) is 12.1 Å². The monoisotopic (exact) mass is 221 g/mol. The van der Waals surface area contributed by atoms with Crippen molar-refractivity contribution >= 4 is 6.29 Å². The molecule has 0 heterocycles. The van der Waals surface area contributed by atoms with E-state index in [9.17, 15) is 13.6 Å². The molecule has 80 valence electrons. The molecule has 0 saturated carbocycles. The molecule has 1 aromatic carbocycles. The summed E-state index contributed by atoms with van der Waals surface area (Å²) in [5, 5.41) is 3.12. The van der Waals surface area contributed by atoms with Gasteiger partial charge >= 0.3 is 0 Å². The van der Waals surface area contributed by atoms with E-state index >= 15 is 0 Å². The highest BCUT2D eigenvalue weighted by Gasteiger charge is 2.10. The molecule has 0 aliphatic heterocycles. The number of benzene rings is 1. The summed E-state index contributed by atoms with van der Waals surface area (Å²) in [6.07, 6.45) is 0.0866. The molecule has 6 heteroatoms. The SMILES string of the molecule is [N-]=[N+]=NCC#Cc1ccc(F)c(C=O)c1F. The van der Waals surface area contributed by atoms with Crippen LogP contribution in [0, 0.1) is 23.5 Å². The first kappa shape index (κ1) is 11.7. The van der Waals surface area contributed by atoms with Gasteiger partial charge in [-0.3, -0.25) is 4.79 Å². The summed E-state index contributed by atoms with van der Waals surface area (Å²) < 4.78 is 26.3. The Bertz CT molecular complexity index is 525. The van der Waals surface area contributed by atoms with Crippen molar-refractivity contribution in [3.05, 3.63) is 45.3 Å². The normalized spacial score (nSPS) is 8.62. The van der Waals surface area contributed by atoms with E-state index in [1.54, 1.807) is 0 Å². The average Bonchev–Trinajstić information content (AvgIpc) is 2.28. The van der Waals surface area contributed by atoms with Gasteiger partial charge in [0.2, 0.25) is 0 Å².